The lowest BCUT2D eigenvalue weighted by atomic mass is 9.64. The van der Waals surface area contributed by atoms with Crippen molar-refractivity contribution in [3.8, 4) is 0 Å². The predicted octanol–water partition coefficient (Wildman–Crippen LogP) is 2.57. The maximum absolute atomic E-state index is 11.4. The molecule has 14 heavy (non-hydrogen) atoms. The minimum absolute atomic E-state index is 0.0961. The van der Waals surface area contributed by atoms with Gasteiger partial charge >= 0.3 is 0 Å². The first kappa shape index (κ1) is 11.5. The van der Waals surface area contributed by atoms with Gasteiger partial charge in [0.1, 0.15) is 0 Å². The van der Waals surface area contributed by atoms with E-state index in [-0.39, 0.29) is 11.8 Å². The van der Waals surface area contributed by atoms with Crippen molar-refractivity contribution < 1.29 is 4.79 Å². The molecule has 1 saturated carbocycles. The van der Waals surface area contributed by atoms with Gasteiger partial charge in [-0.3, -0.25) is 4.79 Å². The van der Waals surface area contributed by atoms with E-state index in [2.05, 4.69) is 27.7 Å². The van der Waals surface area contributed by atoms with Crippen LogP contribution in [-0.4, -0.2) is 5.91 Å². The van der Waals surface area contributed by atoms with Crippen LogP contribution in [-0.2, 0) is 4.79 Å². The Morgan fingerprint density at radius 2 is 2.00 bits per heavy atom. The Labute approximate surface area is 87.2 Å². The first-order valence-electron chi connectivity index (χ1n) is 5.63. The zero-order valence-electron chi connectivity index (χ0n) is 9.84. The highest BCUT2D eigenvalue weighted by Gasteiger charge is 2.38. The Kier molecular flexibility index (Phi) is 3.23. The fourth-order valence-corrected chi connectivity index (χ4v) is 2.72. The highest BCUT2D eigenvalue weighted by Crippen LogP contribution is 2.44. The third-order valence-electron chi connectivity index (χ3n) is 3.67. The van der Waals surface area contributed by atoms with E-state index in [4.69, 9.17) is 5.73 Å². The monoisotopic (exact) mass is 197 g/mol. The van der Waals surface area contributed by atoms with E-state index in [0.717, 1.165) is 12.8 Å². The van der Waals surface area contributed by atoms with E-state index in [1.807, 2.05) is 0 Å². The summed E-state index contributed by atoms with van der Waals surface area (Å²) in [6, 6.07) is 0. The average molecular weight is 197 g/mol. The summed E-state index contributed by atoms with van der Waals surface area (Å²) in [6.45, 7) is 8.86. The van der Waals surface area contributed by atoms with Gasteiger partial charge in [-0.05, 0) is 36.5 Å². The summed E-state index contributed by atoms with van der Waals surface area (Å²) in [5.41, 5.74) is 5.77. The zero-order chi connectivity index (χ0) is 10.9. The summed E-state index contributed by atoms with van der Waals surface area (Å²) in [7, 11) is 0. The lowest BCUT2D eigenvalue weighted by Crippen LogP contribution is -2.40. The summed E-state index contributed by atoms with van der Waals surface area (Å²) >= 11 is 0. The molecule has 0 saturated heterocycles. The molecule has 2 nitrogen and oxygen atoms in total. The van der Waals surface area contributed by atoms with Gasteiger partial charge in [-0.15, -0.1) is 0 Å². The Morgan fingerprint density at radius 1 is 1.43 bits per heavy atom. The van der Waals surface area contributed by atoms with Crippen LogP contribution in [0.1, 0.15) is 47.0 Å². The first-order valence-corrected chi connectivity index (χ1v) is 5.63. The maximum atomic E-state index is 11.4. The van der Waals surface area contributed by atoms with Crippen molar-refractivity contribution in [1.82, 2.24) is 0 Å². The third-order valence-corrected chi connectivity index (χ3v) is 3.67. The molecule has 82 valence electrons. The molecule has 0 heterocycles. The quantitative estimate of drug-likeness (QED) is 0.726. The fraction of sp³-hybridized carbons (Fsp3) is 0.917. The van der Waals surface area contributed by atoms with Gasteiger partial charge in [0.2, 0.25) is 5.91 Å². The Bertz CT molecular complexity index is 220. The molecule has 0 bridgehead atoms. The van der Waals surface area contributed by atoms with E-state index < -0.39 is 0 Å². The van der Waals surface area contributed by atoms with Crippen LogP contribution in [0.2, 0.25) is 0 Å². The van der Waals surface area contributed by atoms with Crippen molar-refractivity contribution >= 4 is 5.91 Å². The first-order chi connectivity index (χ1) is 6.33. The molecule has 0 spiro atoms. The molecular weight excluding hydrogens is 174 g/mol. The Hall–Kier alpha value is -0.530. The van der Waals surface area contributed by atoms with Crippen LogP contribution >= 0.6 is 0 Å². The number of hydrogen-bond acceptors (Lipinski definition) is 1. The molecule has 0 radical (unpaired) electrons. The third kappa shape index (κ3) is 2.49. The molecular formula is C12H23NO. The normalized spacial score (nSPS) is 31.8. The molecule has 2 atom stereocenters. The molecule has 0 aromatic carbocycles. The number of primary amides is 1. The Morgan fingerprint density at radius 3 is 2.43 bits per heavy atom. The second kappa shape index (κ2) is 3.92. The summed E-state index contributed by atoms with van der Waals surface area (Å²) in [5, 5.41) is 0. The van der Waals surface area contributed by atoms with Crippen molar-refractivity contribution in [3.05, 3.63) is 0 Å². The number of carbonyl (C=O) groups excluding carboxylic acids is 1. The van der Waals surface area contributed by atoms with Gasteiger partial charge in [0.25, 0.3) is 0 Å². The van der Waals surface area contributed by atoms with Crippen molar-refractivity contribution in [2.45, 2.75) is 47.0 Å². The maximum Gasteiger partial charge on any atom is 0.220 e. The molecule has 1 aliphatic carbocycles. The standard InChI is InChI=1S/C12H23NO/c1-8(2)9-5-6-12(3,4)7-10(9)11(13)14/h8-10H,5-7H2,1-4H3,(H2,13,14). The SMILES string of the molecule is CC(C)C1CCC(C)(C)CC1C(N)=O. The summed E-state index contributed by atoms with van der Waals surface area (Å²) in [4.78, 5) is 11.4. The van der Waals surface area contributed by atoms with Gasteiger partial charge in [-0.25, -0.2) is 0 Å². The van der Waals surface area contributed by atoms with Crippen LogP contribution < -0.4 is 5.73 Å². The molecule has 1 aliphatic rings. The molecule has 2 N–H and O–H groups in total. The summed E-state index contributed by atoms with van der Waals surface area (Å²) in [6.07, 6.45) is 3.34. The lowest BCUT2D eigenvalue weighted by molar-refractivity contribution is -0.127. The lowest BCUT2D eigenvalue weighted by Gasteiger charge is -2.41. The van der Waals surface area contributed by atoms with E-state index in [9.17, 15) is 4.79 Å². The summed E-state index contributed by atoms with van der Waals surface area (Å²) in [5.74, 6) is 1.07. The topological polar surface area (TPSA) is 43.1 Å². The second-order valence-corrected chi connectivity index (χ2v) is 5.82. The molecule has 2 heteroatoms. The number of carbonyl (C=O) groups is 1. The number of hydrogen-bond donors (Lipinski definition) is 1. The van der Waals surface area contributed by atoms with Crippen LogP contribution in [0.25, 0.3) is 0 Å². The summed E-state index contributed by atoms with van der Waals surface area (Å²) < 4.78 is 0. The van der Waals surface area contributed by atoms with E-state index >= 15 is 0 Å². The minimum Gasteiger partial charge on any atom is -0.369 e. The molecule has 1 rings (SSSR count). The van der Waals surface area contributed by atoms with Gasteiger partial charge in [-0.1, -0.05) is 27.7 Å². The highest BCUT2D eigenvalue weighted by atomic mass is 16.1. The zero-order valence-corrected chi connectivity index (χ0v) is 9.84. The minimum atomic E-state index is -0.100. The van der Waals surface area contributed by atoms with E-state index in [1.165, 1.54) is 6.42 Å². The van der Waals surface area contributed by atoms with Gasteiger partial charge in [0.15, 0.2) is 0 Å². The molecule has 1 fully saturated rings. The average Bonchev–Trinajstić information content (AvgIpc) is 2.01. The van der Waals surface area contributed by atoms with E-state index in [0.29, 0.717) is 17.3 Å². The van der Waals surface area contributed by atoms with Gasteiger partial charge in [0.05, 0.1) is 0 Å². The van der Waals surface area contributed by atoms with Crippen LogP contribution in [0.3, 0.4) is 0 Å². The fourth-order valence-electron chi connectivity index (χ4n) is 2.72. The molecule has 0 aromatic heterocycles. The van der Waals surface area contributed by atoms with Crippen LogP contribution in [0.15, 0.2) is 0 Å². The predicted molar refractivity (Wildman–Crippen MR) is 58.6 cm³/mol. The molecule has 0 aromatic rings. The van der Waals surface area contributed by atoms with Gasteiger partial charge in [-0.2, -0.15) is 0 Å². The Balaban J connectivity index is 2.76. The van der Waals surface area contributed by atoms with Gasteiger partial charge < -0.3 is 5.73 Å². The highest BCUT2D eigenvalue weighted by molar-refractivity contribution is 5.77. The number of rotatable bonds is 2. The van der Waals surface area contributed by atoms with Gasteiger partial charge in [0, 0.05) is 5.92 Å². The van der Waals surface area contributed by atoms with Crippen LogP contribution in [0.4, 0.5) is 0 Å². The molecule has 0 aliphatic heterocycles. The van der Waals surface area contributed by atoms with Crippen molar-refractivity contribution in [2.75, 3.05) is 0 Å². The smallest absolute Gasteiger partial charge is 0.220 e. The number of amides is 1. The van der Waals surface area contributed by atoms with Crippen molar-refractivity contribution in [1.29, 1.82) is 0 Å². The molecule has 2 unspecified atom stereocenters. The van der Waals surface area contributed by atoms with Crippen LogP contribution in [0, 0.1) is 23.2 Å². The van der Waals surface area contributed by atoms with Crippen LogP contribution in [0.5, 0.6) is 0 Å². The van der Waals surface area contributed by atoms with Crippen molar-refractivity contribution in [2.24, 2.45) is 28.9 Å². The molecule has 1 amide bonds. The second-order valence-electron chi connectivity index (χ2n) is 5.82. The van der Waals surface area contributed by atoms with Crippen molar-refractivity contribution in [3.63, 3.8) is 0 Å². The largest absolute Gasteiger partial charge is 0.369 e. The van der Waals surface area contributed by atoms with E-state index in [1.54, 1.807) is 0 Å². The number of nitrogens with two attached hydrogens (primary N) is 1.